The average Bonchev–Trinajstić information content (AvgIpc) is 2.90. The fourth-order valence-corrected chi connectivity index (χ4v) is 4.43. The molecule has 3 aliphatic rings. The summed E-state index contributed by atoms with van der Waals surface area (Å²) in [5, 5.41) is 18.8. The lowest BCUT2D eigenvalue weighted by molar-refractivity contribution is 0.0415. The SMILES string of the molecule is OC1c2cc(Br)ccc2CC12CC1C=NN=CC1C2. The van der Waals surface area contributed by atoms with E-state index >= 15 is 0 Å². The molecule has 1 spiro atoms. The minimum absolute atomic E-state index is 0.0131. The first kappa shape index (κ1) is 11.8. The van der Waals surface area contributed by atoms with Crippen LogP contribution in [0.4, 0.5) is 0 Å². The summed E-state index contributed by atoms with van der Waals surface area (Å²) in [6.45, 7) is 0. The molecule has 1 N–H and O–H groups in total. The second kappa shape index (κ2) is 4.00. The van der Waals surface area contributed by atoms with E-state index in [0.29, 0.717) is 11.8 Å². The van der Waals surface area contributed by atoms with Crippen molar-refractivity contribution >= 4 is 28.4 Å². The summed E-state index contributed by atoms with van der Waals surface area (Å²) >= 11 is 3.50. The van der Waals surface area contributed by atoms with Gasteiger partial charge in [-0.1, -0.05) is 22.0 Å². The van der Waals surface area contributed by atoms with Gasteiger partial charge in [-0.05, 0) is 42.5 Å². The van der Waals surface area contributed by atoms with Crippen molar-refractivity contribution in [3.8, 4) is 0 Å². The second-order valence-corrected chi connectivity index (χ2v) is 6.97. The van der Waals surface area contributed by atoms with E-state index in [9.17, 15) is 5.11 Å². The molecule has 19 heavy (non-hydrogen) atoms. The van der Waals surface area contributed by atoms with Gasteiger partial charge in [0.1, 0.15) is 0 Å². The molecule has 3 nitrogen and oxygen atoms in total. The van der Waals surface area contributed by atoms with Gasteiger partial charge in [0.2, 0.25) is 0 Å². The van der Waals surface area contributed by atoms with E-state index in [1.807, 2.05) is 12.4 Å². The third-order valence-corrected chi connectivity index (χ3v) is 5.44. The number of aliphatic hydroxyl groups excluding tert-OH is 1. The van der Waals surface area contributed by atoms with Crippen LogP contribution in [0.25, 0.3) is 0 Å². The first-order chi connectivity index (χ1) is 9.18. The number of benzene rings is 1. The summed E-state index contributed by atoms with van der Waals surface area (Å²) in [5.41, 5.74) is 2.38. The highest BCUT2D eigenvalue weighted by molar-refractivity contribution is 9.10. The van der Waals surface area contributed by atoms with Gasteiger partial charge < -0.3 is 5.11 Å². The van der Waals surface area contributed by atoms with Gasteiger partial charge in [-0.25, -0.2) is 0 Å². The van der Waals surface area contributed by atoms with Crippen LogP contribution in [0.3, 0.4) is 0 Å². The highest BCUT2D eigenvalue weighted by Gasteiger charge is 2.53. The Hall–Kier alpha value is -1.00. The normalized spacial score (nSPS) is 38.7. The second-order valence-electron chi connectivity index (χ2n) is 6.05. The fraction of sp³-hybridized carbons (Fsp3) is 0.467. The van der Waals surface area contributed by atoms with Crippen molar-refractivity contribution in [3.05, 3.63) is 33.8 Å². The number of halogens is 1. The maximum atomic E-state index is 10.8. The Labute approximate surface area is 120 Å². The third-order valence-electron chi connectivity index (χ3n) is 4.94. The molecule has 1 aromatic rings. The van der Waals surface area contributed by atoms with E-state index in [1.165, 1.54) is 5.56 Å². The van der Waals surface area contributed by atoms with Crippen LogP contribution in [0.2, 0.25) is 0 Å². The molecule has 98 valence electrons. The molecule has 0 amide bonds. The highest BCUT2D eigenvalue weighted by Crippen LogP contribution is 2.58. The summed E-state index contributed by atoms with van der Waals surface area (Å²) in [5.74, 6) is 0.898. The Morgan fingerprint density at radius 2 is 1.84 bits per heavy atom. The van der Waals surface area contributed by atoms with E-state index in [0.717, 1.165) is 29.3 Å². The summed E-state index contributed by atoms with van der Waals surface area (Å²) in [7, 11) is 0. The first-order valence-corrected chi connectivity index (χ1v) is 7.50. The number of hydrogen-bond donors (Lipinski definition) is 1. The molecule has 2 aliphatic carbocycles. The van der Waals surface area contributed by atoms with Crippen molar-refractivity contribution in [3.63, 3.8) is 0 Å². The molecule has 1 aromatic carbocycles. The van der Waals surface area contributed by atoms with Gasteiger partial charge in [0.05, 0.1) is 6.10 Å². The molecule has 0 radical (unpaired) electrons. The Morgan fingerprint density at radius 3 is 2.53 bits per heavy atom. The van der Waals surface area contributed by atoms with Gasteiger partial charge >= 0.3 is 0 Å². The Balaban J connectivity index is 1.72. The first-order valence-electron chi connectivity index (χ1n) is 6.71. The topological polar surface area (TPSA) is 45.0 Å². The molecular formula is C15H15BrN2O. The molecule has 3 unspecified atom stereocenters. The molecule has 1 heterocycles. The summed E-state index contributed by atoms with van der Waals surface area (Å²) in [4.78, 5) is 0. The molecule has 0 bridgehead atoms. The van der Waals surface area contributed by atoms with Gasteiger partial charge in [0.15, 0.2) is 0 Å². The van der Waals surface area contributed by atoms with Gasteiger partial charge in [-0.2, -0.15) is 10.2 Å². The van der Waals surface area contributed by atoms with Crippen molar-refractivity contribution in [2.45, 2.75) is 25.4 Å². The van der Waals surface area contributed by atoms with Crippen molar-refractivity contribution in [2.75, 3.05) is 0 Å². The van der Waals surface area contributed by atoms with Crippen LogP contribution in [-0.2, 0) is 6.42 Å². The van der Waals surface area contributed by atoms with Gasteiger partial charge in [-0.15, -0.1) is 0 Å². The van der Waals surface area contributed by atoms with Crippen molar-refractivity contribution in [1.29, 1.82) is 0 Å². The van der Waals surface area contributed by atoms with Crippen LogP contribution >= 0.6 is 15.9 Å². The molecule has 0 saturated heterocycles. The molecule has 1 saturated carbocycles. The minimum atomic E-state index is -0.354. The van der Waals surface area contributed by atoms with Crippen LogP contribution in [0.15, 0.2) is 32.9 Å². The molecule has 4 heteroatoms. The zero-order chi connectivity index (χ0) is 13.0. The fourth-order valence-electron chi connectivity index (χ4n) is 4.05. The Morgan fingerprint density at radius 1 is 1.16 bits per heavy atom. The average molecular weight is 319 g/mol. The quantitative estimate of drug-likeness (QED) is 0.784. The highest BCUT2D eigenvalue weighted by atomic mass is 79.9. The number of nitrogens with zero attached hydrogens (tertiary/aromatic N) is 2. The zero-order valence-electron chi connectivity index (χ0n) is 10.5. The van der Waals surface area contributed by atoms with Crippen LogP contribution in [0.1, 0.15) is 30.1 Å². The third kappa shape index (κ3) is 1.66. The molecule has 3 atom stereocenters. The summed E-state index contributed by atoms with van der Waals surface area (Å²) in [6, 6.07) is 6.27. The number of fused-ring (bicyclic) bond motifs is 2. The van der Waals surface area contributed by atoms with Gasteiger partial charge in [0, 0.05) is 34.2 Å². The lowest BCUT2D eigenvalue weighted by Crippen LogP contribution is -2.23. The van der Waals surface area contributed by atoms with E-state index in [2.05, 4.69) is 44.3 Å². The molecule has 4 rings (SSSR count). The maximum absolute atomic E-state index is 10.8. The van der Waals surface area contributed by atoms with Gasteiger partial charge in [0.25, 0.3) is 0 Å². The van der Waals surface area contributed by atoms with Crippen LogP contribution in [0.5, 0.6) is 0 Å². The zero-order valence-corrected chi connectivity index (χ0v) is 12.0. The van der Waals surface area contributed by atoms with Crippen molar-refractivity contribution in [1.82, 2.24) is 0 Å². The van der Waals surface area contributed by atoms with Crippen LogP contribution < -0.4 is 0 Å². The number of rotatable bonds is 0. The van der Waals surface area contributed by atoms with Crippen LogP contribution in [-0.4, -0.2) is 17.5 Å². The van der Waals surface area contributed by atoms with E-state index in [1.54, 1.807) is 0 Å². The molecule has 0 aromatic heterocycles. The lowest BCUT2D eigenvalue weighted by Gasteiger charge is -2.28. The smallest absolute Gasteiger partial charge is 0.0852 e. The molecular weight excluding hydrogens is 304 g/mol. The number of aliphatic hydroxyl groups is 1. The Bertz CT molecular complexity index is 576. The van der Waals surface area contributed by atoms with Crippen molar-refractivity contribution in [2.24, 2.45) is 27.5 Å². The largest absolute Gasteiger partial charge is 0.388 e. The minimum Gasteiger partial charge on any atom is -0.388 e. The van der Waals surface area contributed by atoms with Crippen LogP contribution in [0, 0.1) is 17.3 Å². The lowest BCUT2D eigenvalue weighted by atomic mass is 9.80. The predicted octanol–water partition coefficient (Wildman–Crippen LogP) is 3.12. The summed E-state index contributed by atoms with van der Waals surface area (Å²) in [6.07, 6.45) is 6.58. The van der Waals surface area contributed by atoms with E-state index in [4.69, 9.17) is 0 Å². The monoisotopic (exact) mass is 318 g/mol. The summed E-state index contributed by atoms with van der Waals surface area (Å²) < 4.78 is 1.04. The number of hydrogen-bond acceptors (Lipinski definition) is 3. The molecule has 1 aliphatic heterocycles. The van der Waals surface area contributed by atoms with E-state index in [-0.39, 0.29) is 11.5 Å². The maximum Gasteiger partial charge on any atom is 0.0852 e. The predicted molar refractivity (Wildman–Crippen MR) is 78.4 cm³/mol. The van der Waals surface area contributed by atoms with Gasteiger partial charge in [-0.3, -0.25) is 0 Å². The van der Waals surface area contributed by atoms with E-state index < -0.39 is 0 Å². The Kier molecular flexibility index (Phi) is 2.48. The molecule has 1 fully saturated rings. The van der Waals surface area contributed by atoms with Crippen molar-refractivity contribution < 1.29 is 5.11 Å². The standard InChI is InChI=1S/C15H15BrN2O/c16-12-2-1-9-4-15(14(19)13(9)3-12)5-10-7-17-18-8-11(10)6-15/h1-3,7-8,10-11,14,19H,4-6H2.